The normalized spacial score (nSPS) is 19.4. The van der Waals surface area contributed by atoms with E-state index in [9.17, 15) is 4.79 Å². The molecule has 0 aromatic heterocycles. The van der Waals surface area contributed by atoms with Crippen molar-refractivity contribution in [3.05, 3.63) is 29.8 Å². The standard InChI is InChI=1S/C19H30N2O2/c1-14(2)23-18-10-8-16(9-11-18)7-6-15(3)21-19(22)17-5-4-12-20-13-17/h8-11,14-15,17,20H,4-7,12-13H2,1-3H3,(H,21,22). The smallest absolute Gasteiger partial charge is 0.224 e. The zero-order valence-corrected chi connectivity index (χ0v) is 14.6. The van der Waals surface area contributed by atoms with E-state index in [4.69, 9.17) is 4.74 Å². The molecule has 23 heavy (non-hydrogen) atoms. The van der Waals surface area contributed by atoms with Crippen molar-refractivity contribution in [3.8, 4) is 5.75 Å². The van der Waals surface area contributed by atoms with Gasteiger partial charge in [0.2, 0.25) is 5.91 Å². The molecule has 0 spiro atoms. The Morgan fingerprint density at radius 3 is 2.65 bits per heavy atom. The summed E-state index contributed by atoms with van der Waals surface area (Å²) in [5.74, 6) is 1.25. The van der Waals surface area contributed by atoms with Crippen LogP contribution in [0.3, 0.4) is 0 Å². The first kappa shape index (κ1) is 17.8. The maximum absolute atomic E-state index is 12.2. The van der Waals surface area contributed by atoms with Crippen molar-refractivity contribution in [3.63, 3.8) is 0 Å². The van der Waals surface area contributed by atoms with Gasteiger partial charge in [0.1, 0.15) is 5.75 Å². The van der Waals surface area contributed by atoms with Gasteiger partial charge in [-0.1, -0.05) is 12.1 Å². The fraction of sp³-hybridized carbons (Fsp3) is 0.632. The molecule has 1 saturated heterocycles. The van der Waals surface area contributed by atoms with Crippen molar-refractivity contribution >= 4 is 5.91 Å². The molecule has 128 valence electrons. The van der Waals surface area contributed by atoms with E-state index < -0.39 is 0 Å². The number of aryl methyl sites for hydroxylation is 1. The third kappa shape index (κ3) is 6.22. The van der Waals surface area contributed by atoms with Gasteiger partial charge in [-0.05, 0) is 70.7 Å². The molecule has 2 atom stereocenters. The number of carbonyl (C=O) groups is 1. The summed E-state index contributed by atoms with van der Waals surface area (Å²) in [6.07, 6.45) is 4.22. The first-order valence-corrected chi connectivity index (χ1v) is 8.81. The number of hydrogen-bond acceptors (Lipinski definition) is 3. The monoisotopic (exact) mass is 318 g/mol. The molecule has 1 aliphatic rings. The van der Waals surface area contributed by atoms with Crippen LogP contribution in [0.4, 0.5) is 0 Å². The van der Waals surface area contributed by atoms with E-state index in [-0.39, 0.29) is 24.0 Å². The largest absolute Gasteiger partial charge is 0.491 e. The van der Waals surface area contributed by atoms with Crippen molar-refractivity contribution in [2.75, 3.05) is 13.1 Å². The quantitative estimate of drug-likeness (QED) is 0.813. The number of hydrogen-bond donors (Lipinski definition) is 2. The summed E-state index contributed by atoms with van der Waals surface area (Å²) in [5.41, 5.74) is 1.28. The van der Waals surface area contributed by atoms with Gasteiger partial charge < -0.3 is 15.4 Å². The molecule has 4 heteroatoms. The van der Waals surface area contributed by atoms with Gasteiger partial charge in [0.25, 0.3) is 0 Å². The number of carbonyl (C=O) groups excluding carboxylic acids is 1. The molecule has 0 radical (unpaired) electrons. The van der Waals surface area contributed by atoms with Crippen LogP contribution in [-0.2, 0) is 11.2 Å². The highest BCUT2D eigenvalue weighted by Gasteiger charge is 2.21. The Morgan fingerprint density at radius 2 is 2.04 bits per heavy atom. The second-order valence-corrected chi connectivity index (χ2v) is 6.80. The number of amides is 1. The predicted molar refractivity (Wildman–Crippen MR) is 93.7 cm³/mol. The summed E-state index contributed by atoms with van der Waals surface area (Å²) in [6.45, 7) is 8.00. The third-order valence-corrected chi connectivity index (χ3v) is 4.22. The highest BCUT2D eigenvalue weighted by Crippen LogP contribution is 2.16. The van der Waals surface area contributed by atoms with Crippen LogP contribution in [0.5, 0.6) is 5.75 Å². The van der Waals surface area contributed by atoms with E-state index in [2.05, 4.69) is 29.7 Å². The number of benzene rings is 1. The highest BCUT2D eigenvalue weighted by molar-refractivity contribution is 5.79. The van der Waals surface area contributed by atoms with Gasteiger partial charge in [0, 0.05) is 12.6 Å². The minimum Gasteiger partial charge on any atom is -0.491 e. The van der Waals surface area contributed by atoms with Crippen molar-refractivity contribution < 1.29 is 9.53 Å². The van der Waals surface area contributed by atoms with E-state index in [1.807, 2.05) is 26.0 Å². The maximum Gasteiger partial charge on any atom is 0.224 e. The summed E-state index contributed by atoms with van der Waals surface area (Å²) in [7, 11) is 0. The van der Waals surface area contributed by atoms with Crippen LogP contribution in [0, 0.1) is 5.92 Å². The molecular formula is C19H30N2O2. The molecule has 1 aromatic carbocycles. The highest BCUT2D eigenvalue weighted by atomic mass is 16.5. The lowest BCUT2D eigenvalue weighted by Gasteiger charge is -2.24. The van der Waals surface area contributed by atoms with Gasteiger partial charge >= 0.3 is 0 Å². The Hall–Kier alpha value is -1.55. The lowest BCUT2D eigenvalue weighted by Crippen LogP contribution is -2.43. The molecule has 2 rings (SSSR count). The molecule has 1 amide bonds. The Kier molecular flexibility index (Phi) is 6.90. The zero-order valence-electron chi connectivity index (χ0n) is 14.6. The SMILES string of the molecule is CC(CCc1ccc(OC(C)C)cc1)NC(=O)C1CCCNC1. The minimum absolute atomic E-state index is 0.138. The molecular weight excluding hydrogens is 288 g/mol. The number of nitrogens with one attached hydrogen (secondary N) is 2. The molecule has 0 saturated carbocycles. The van der Waals surface area contributed by atoms with Gasteiger partial charge in [0.05, 0.1) is 12.0 Å². The Morgan fingerprint density at radius 1 is 1.30 bits per heavy atom. The minimum atomic E-state index is 0.138. The van der Waals surface area contributed by atoms with Crippen LogP contribution in [0.15, 0.2) is 24.3 Å². The summed E-state index contributed by atoms with van der Waals surface area (Å²) in [6, 6.07) is 8.46. The summed E-state index contributed by atoms with van der Waals surface area (Å²) < 4.78 is 5.65. The second-order valence-electron chi connectivity index (χ2n) is 6.80. The van der Waals surface area contributed by atoms with Crippen LogP contribution >= 0.6 is 0 Å². The van der Waals surface area contributed by atoms with E-state index in [0.717, 1.165) is 44.5 Å². The van der Waals surface area contributed by atoms with Gasteiger partial charge in [-0.15, -0.1) is 0 Å². The topological polar surface area (TPSA) is 50.4 Å². The average molecular weight is 318 g/mol. The fourth-order valence-electron chi connectivity index (χ4n) is 2.90. The molecule has 1 aliphatic heterocycles. The van der Waals surface area contributed by atoms with Gasteiger partial charge in [-0.2, -0.15) is 0 Å². The van der Waals surface area contributed by atoms with Crippen molar-refractivity contribution in [2.24, 2.45) is 5.92 Å². The van der Waals surface area contributed by atoms with E-state index in [1.54, 1.807) is 0 Å². The van der Waals surface area contributed by atoms with Gasteiger partial charge in [-0.3, -0.25) is 4.79 Å². The Balaban J connectivity index is 1.73. The molecule has 1 fully saturated rings. The molecule has 2 N–H and O–H groups in total. The summed E-state index contributed by atoms with van der Waals surface area (Å²) in [4.78, 5) is 12.2. The van der Waals surface area contributed by atoms with Crippen molar-refractivity contribution in [2.45, 2.75) is 58.6 Å². The zero-order chi connectivity index (χ0) is 16.7. The first-order chi connectivity index (χ1) is 11.0. The Bertz CT molecular complexity index is 479. The number of piperidine rings is 1. The van der Waals surface area contributed by atoms with Crippen LogP contribution in [0.25, 0.3) is 0 Å². The first-order valence-electron chi connectivity index (χ1n) is 8.81. The van der Waals surface area contributed by atoms with Gasteiger partial charge in [0.15, 0.2) is 0 Å². The number of ether oxygens (including phenoxy) is 1. The molecule has 0 bridgehead atoms. The lowest BCUT2D eigenvalue weighted by atomic mass is 9.98. The van der Waals surface area contributed by atoms with Crippen LogP contribution in [-0.4, -0.2) is 31.1 Å². The van der Waals surface area contributed by atoms with E-state index in [0.29, 0.717) is 0 Å². The predicted octanol–water partition coefficient (Wildman–Crippen LogP) is 2.91. The number of rotatable bonds is 7. The van der Waals surface area contributed by atoms with Crippen molar-refractivity contribution in [1.29, 1.82) is 0 Å². The van der Waals surface area contributed by atoms with Crippen LogP contribution in [0.1, 0.15) is 45.6 Å². The molecule has 0 aliphatic carbocycles. The second kappa shape index (κ2) is 8.92. The molecule has 1 aromatic rings. The average Bonchev–Trinajstić information content (AvgIpc) is 2.54. The van der Waals surface area contributed by atoms with Crippen LogP contribution in [0.2, 0.25) is 0 Å². The fourth-order valence-corrected chi connectivity index (χ4v) is 2.90. The molecule has 4 nitrogen and oxygen atoms in total. The summed E-state index contributed by atoms with van der Waals surface area (Å²) >= 11 is 0. The Labute approximate surface area is 140 Å². The molecule has 2 unspecified atom stereocenters. The summed E-state index contributed by atoms with van der Waals surface area (Å²) in [5, 5.41) is 6.45. The van der Waals surface area contributed by atoms with Gasteiger partial charge in [-0.25, -0.2) is 0 Å². The maximum atomic E-state index is 12.2. The van der Waals surface area contributed by atoms with Crippen LogP contribution < -0.4 is 15.4 Å². The van der Waals surface area contributed by atoms with E-state index >= 15 is 0 Å². The molecule has 1 heterocycles. The lowest BCUT2D eigenvalue weighted by molar-refractivity contribution is -0.126. The van der Waals surface area contributed by atoms with Crippen molar-refractivity contribution in [1.82, 2.24) is 10.6 Å². The van der Waals surface area contributed by atoms with E-state index in [1.165, 1.54) is 5.56 Å². The third-order valence-electron chi connectivity index (χ3n) is 4.22.